The van der Waals surface area contributed by atoms with Gasteiger partial charge >= 0.3 is 0 Å². The minimum atomic E-state index is 0.514. The van der Waals surface area contributed by atoms with Crippen LogP contribution in [0.2, 0.25) is 0 Å². The summed E-state index contributed by atoms with van der Waals surface area (Å²) in [6.07, 6.45) is 2.96. The normalized spacial score (nSPS) is 12.0. The summed E-state index contributed by atoms with van der Waals surface area (Å²) in [7, 11) is 1.63. The highest BCUT2D eigenvalue weighted by atomic mass is 16.5. The highest BCUT2D eigenvalue weighted by Crippen LogP contribution is 1.82. The molecule has 0 atom stereocenters. The molecular weight excluding hydrogens is 144 g/mol. The molecule has 1 heterocycles. The van der Waals surface area contributed by atoms with Gasteiger partial charge in [0, 0.05) is 7.11 Å². The third kappa shape index (κ3) is 2.46. The fraction of sp³-hybridized carbons (Fsp3) is 0.500. The van der Waals surface area contributed by atoms with Crippen LogP contribution in [0.5, 0.6) is 0 Å². The largest absolute Gasteiger partial charge is 0.379 e. The number of rotatable bonds is 3. The van der Waals surface area contributed by atoms with E-state index in [-0.39, 0.29) is 0 Å². The van der Waals surface area contributed by atoms with E-state index >= 15 is 0 Å². The van der Waals surface area contributed by atoms with Gasteiger partial charge < -0.3 is 4.74 Å². The summed E-state index contributed by atoms with van der Waals surface area (Å²) in [4.78, 5) is 5.14. The van der Waals surface area contributed by atoms with Gasteiger partial charge in [-0.15, -0.1) is 9.89 Å². The van der Waals surface area contributed by atoms with Crippen molar-refractivity contribution < 1.29 is 4.74 Å². The van der Waals surface area contributed by atoms with E-state index in [1.54, 1.807) is 7.11 Å². The number of aromatic nitrogens is 3. The first-order chi connectivity index (χ1) is 5.33. The van der Waals surface area contributed by atoms with E-state index in [1.165, 1.54) is 17.4 Å². The van der Waals surface area contributed by atoms with Crippen molar-refractivity contribution in [2.45, 2.75) is 6.92 Å². The molecule has 0 amide bonds. The number of methoxy groups -OCH3 is 1. The molecule has 0 aromatic carbocycles. The van der Waals surface area contributed by atoms with Crippen LogP contribution in [-0.4, -0.2) is 34.3 Å². The monoisotopic (exact) mass is 154 g/mol. The molecule has 0 spiro atoms. The molecule has 0 fully saturated rings. The zero-order chi connectivity index (χ0) is 8.10. The van der Waals surface area contributed by atoms with E-state index in [9.17, 15) is 0 Å². The van der Waals surface area contributed by atoms with Crippen LogP contribution in [0.25, 0.3) is 0 Å². The predicted octanol–water partition coefficient (Wildman–Crippen LogP) is 0.149. The van der Waals surface area contributed by atoms with Gasteiger partial charge in [-0.1, -0.05) is 0 Å². The van der Waals surface area contributed by atoms with E-state index in [2.05, 4.69) is 15.2 Å². The predicted molar refractivity (Wildman–Crippen MR) is 40.4 cm³/mol. The number of hydrogen-bond donors (Lipinski definition) is 0. The van der Waals surface area contributed by atoms with Crippen LogP contribution in [0.4, 0.5) is 0 Å². The van der Waals surface area contributed by atoms with Crippen LogP contribution < -0.4 is 0 Å². The molecule has 0 bridgehead atoms. The summed E-state index contributed by atoms with van der Waals surface area (Å²) in [5.74, 6) is 0. The fourth-order valence-corrected chi connectivity index (χ4v) is 0.666. The second-order valence-corrected chi connectivity index (χ2v) is 2.08. The third-order valence-electron chi connectivity index (χ3n) is 1.03. The van der Waals surface area contributed by atoms with E-state index in [0.29, 0.717) is 6.61 Å². The van der Waals surface area contributed by atoms with Gasteiger partial charge in [0.25, 0.3) is 0 Å². The Balaban J connectivity index is 2.58. The molecule has 0 aliphatic rings. The summed E-state index contributed by atoms with van der Waals surface area (Å²) in [5, 5.41) is 7.84. The quantitative estimate of drug-likeness (QED) is 0.582. The summed E-state index contributed by atoms with van der Waals surface area (Å²) in [5.41, 5.74) is 0.859. The number of ether oxygens (including phenoxy) is 1. The van der Waals surface area contributed by atoms with E-state index in [0.717, 1.165) is 5.71 Å². The Morgan fingerprint density at radius 3 is 3.09 bits per heavy atom. The molecule has 11 heavy (non-hydrogen) atoms. The third-order valence-corrected chi connectivity index (χ3v) is 1.03. The van der Waals surface area contributed by atoms with E-state index < -0.39 is 0 Å². The molecule has 0 N–H and O–H groups in total. The highest BCUT2D eigenvalue weighted by molar-refractivity contribution is 5.82. The molecular formula is C6H10N4O. The van der Waals surface area contributed by atoms with Crippen molar-refractivity contribution in [2.75, 3.05) is 13.7 Å². The molecule has 0 aliphatic heterocycles. The zero-order valence-corrected chi connectivity index (χ0v) is 6.56. The van der Waals surface area contributed by atoms with E-state index in [1.807, 2.05) is 6.92 Å². The Kier molecular flexibility index (Phi) is 2.74. The molecule has 0 radical (unpaired) electrons. The Morgan fingerprint density at radius 2 is 2.55 bits per heavy atom. The smallest absolute Gasteiger partial charge is 0.139 e. The van der Waals surface area contributed by atoms with Crippen LogP contribution in [0.3, 0.4) is 0 Å². The van der Waals surface area contributed by atoms with Gasteiger partial charge in [-0.05, 0) is 6.92 Å². The molecule has 1 rings (SSSR count). The average molecular weight is 154 g/mol. The topological polar surface area (TPSA) is 52.3 Å². The van der Waals surface area contributed by atoms with Crippen molar-refractivity contribution >= 4 is 5.71 Å². The van der Waals surface area contributed by atoms with Crippen LogP contribution >= 0.6 is 0 Å². The summed E-state index contributed by atoms with van der Waals surface area (Å²) >= 11 is 0. The lowest BCUT2D eigenvalue weighted by Gasteiger charge is -1.95. The lowest BCUT2D eigenvalue weighted by molar-refractivity contribution is 0.244. The average Bonchev–Trinajstić information content (AvgIpc) is 2.40. The fourth-order valence-electron chi connectivity index (χ4n) is 0.666. The van der Waals surface area contributed by atoms with Gasteiger partial charge in [-0.2, -0.15) is 5.10 Å². The molecule has 1 aromatic rings. The molecule has 60 valence electrons. The van der Waals surface area contributed by atoms with E-state index in [4.69, 9.17) is 4.74 Å². The van der Waals surface area contributed by atoms with Gasteiger partial charge in [-0.3, -0.25) is 0 Å². The summed E-state index contributed by atoms with van der Waals surface area (Å²) in [6.45, 7) is 2.38. The van der Waals surface area contributed by atoms with Crippen molar-refractivity contribution in [1.29, 1.82) is 0 Å². The van der Waals surface area contributed by atoms with Crippen molar-refractivity contribution in [3.8, 4) is 0 Å². The van der Waals surface area contributed by atoms with Gasteiger partial charge in [0.05, 0.1) is 12.3 Å². The first kappa shape index (κ1) is 7.87. The molecule has 0 aliphatic carbocycles. The van der Waals surface area contributed by atoms with Gasteiger partial charge in [0.15, 0.2) is 0 Å². The molecule has 1 aromatic heterocycles. The number of nitrogens with zero attached hydrogens (tertiary/aromatic N) is 4. The van der Waals surface area contributed by atoms with Crippen molar-refractivity contribution in [2.24, 2.45) is 5.10 Å². The van der Waals surface area contributed by atoms with Crippen LogP contribution in [0, 0.1) is 0 Å². The highest BCUT2D eigenvalue weighted by Gasteiger charge is 1.90. The van der Waals surface area contributed by atoms with Crippen molar-refractivity contribution in [3.63, 3.8) is 0 Å². The minimum absolute atomic E-state index is 0.514. The Morgan fingerprint density at radius 1 is 1.73 bits per heavy atom. The van der Waals surface area contributed by atoms with Crippen molar-refractivity contribution in [3.05, 3.63) is 12.7 Å². The lowest BCUT2D eigenvalue weighted by Crippen LogP contribution is -2.04. The second kappa shape index (κ2) is 3.82. The molecule has 5 nitrogen and oxygen atoms in total. The van der Waals surface area contributed by atoms with Gasteiger partial charge in [0.2, 0.25) is 0 Å². The maximum absolute atomic E-state index is 4.86. The number of hydrogen-bond acceptors (Lipinski definition) is 4. The summed E-state index contributed by atoms with van der Waals surface area (Å²) < 4.78 is 4.86. The second-order valence-electron chi connectivity index (χ2n) is 2.08. The molecule has 0 saturated heterocycles. The Labute approximate surface area is 64.7 Å². The van der Waals surface area contributed by atoms with Crippen LogP contribution in [-0.2, 0) is 4.74 Å². The van der Waals surface area contributed by atoms with Crippen LogP contribution in [0.1, 0.15) is 6.92 Å². The van der Waals surface area contributed by atoms with Gasteiger partial charge in [0.1, 0.15) is 12.7 Å². The zero-order valence-electron chi connectivity index (χ0n) is 6.56. The molecule has 5 heteroatoms. The van der Waals surface area contributed by atoms with Crippen LogP contribution in [0.15, 0.2) is 17.8 Å². The van der Waals surface area contributed by atoms with Gasteiger partial charge in [-0.25, -0.2) is 4.98 Å². The standard InChI is InChI=1S/C6H10N4O/c1-6(3-11-2)9-10-5-7-4-8-10/h4-5H,3H2,1-2H3/b9-6+. The maximum Gasteiger partial charge on any atom is 0.139 e. The first-order valence-corrected chi connectivity index (χ1v) is 3.21. The lowest BCUT2D eigenvalue weighted by atomic mass is 10.5. The molecule has 0 saturated carbocycles. The SMILES string of the molecule is COC/C(C)=N/n1cncn1. The maximum atomic E-state index is 4.86. The van der Waals surface area contributed by atoms with Crippen molar-refractivity contribution in [1.82, 2.24) is 14.9 Å². The Bertz CT molecular complexity index is 229. The first-order valence-electron chi connectivity index (χ1n) is 3.21. The molecule has 0 unspecified atom stereocenters. The minimum Gasteiger partial charge on any atom is -0.379 e. The Hall–Kier alpha value is -1.23. The summed E-state index contributed by atoms with van der Waals surface area (Å²) in [6, 6.07) is 0.